The van der Waals surface area contributed by atoms with E-state index in [0.29, 0.717) is 11.8 Å². The summed E-state index contributed by atoms with van der Waals surface area (Å²) >= 11 is 2.02. The highest BCUT2D eigenvalue weighted by Gasteiger charge is 2.15. The van der Waals surface area contributed by atoms with Crippen LogP contribution in [0.15, 0.2) is 29.3 Å². The maximum Gasteiger partial charge on any atom is 0.191 e. The lowest BCUT2D eigenvalue weighted by Crippen LogP contribution is -2.39. The van der Waals surface area contributed by atoms with E-state index >= 15 is 0 Å². The Morgan fingerprint density at radius 2 is 2.16 bits per heavy atom. The minimum Gasteiger partial charge on any atom is -0.355 e. The lowest BCUT2D eigenvalue weighted by molar-refractivity contribution is 0.626. The number of rotatable bonds is 4. The van der Waals surface area contributed by atoms with Crippen LogP contribution in [0.25, 0.3) is 0 Å². The first kappa shape index (κ1) is 14.2. The van der Waals surface area contributed by atoms with E-state index in [1.54, 1.807) is 19.2 Å². The van der Waals surface area contributed by atoms with Crippen LogP contribution in [0, 0.1) is 5.82 Å². The number of thioether (sulfide) groups is 1. The summed E-state index contributed by atoms with van der Waals surface area (Å²) in [6, 6.07) is 6.51. The molecule has 0 aromatic heterocycles. The third-order valence-electron chi connectivity index (χ3n) is 3.12. The molecule has 1 atom stereocenters. The maximum atomic E-state index is 12.8. The molecule has 19 heavy (non-hydrogen) atoms. The van der Waals surface area contributed by atoms with E-state index in [9.17, 15) is 4.39 Å². The fourth-order valence-corrected chi connectivity index (χ4v) is 3.23. The van der Waals surface area contributed by atoms with Gasteiger partial charge in [-0.15, -0.1) is 0 Å². The molecule has 0 amide bonds. The minimum atomic E-state index is -0.204. The highest BCUT2D eigenvalue weighted by molar-refractivity contribution is 8.00. The summed E-state index contributed by atoms with van der Waals surface area (Å²) in [6.45, 7) is 1.60. The second-order valence-electron chi connectivity index (χ2n) is 4.57. The Kier molecular flexibility index (Phi) is 5.51. The Hall–Kier alpha value is -1.23. The zero-order chi connectivity index (χ0) is 13.5. The molecule has 0 bridgehead atoms. The van der Waals surface area contributed by atoms with Gasteiger partial charge in [-0.05, 0) is 36.3 Å². The molecule has 0 saturated carbocycles. The van der Waals surface area contributed by atoms with Gasteiger partial charge in [-0.1, -0.05) is 12.1 Å². The van der Waals surface area contributed by atoms with Crippen molar-refractivity contribution in [1.82, 2.24) is 10.6 Å². The van der Waals surface area contributed by atoms with Gasteiger partial charge in [0.1, 0.15) is 5.82 Å². The van der Waals surface area contributed by atoms with Crippen molar-refractivity contribution in [3.8, 4) is 0 Å². The fraction of sp³-hybridized carbons (Fsp3) is 0.500. The highest BCUT2D eigenvalue weighted by atomic mass is 32.2. The van der Waals surface area contributed by atoms with Gasteiger partial charge in [0.05, 0.1) is 0 Å². The van der Waals surface area contributed by atoms with Crippen molar-refractivity contribution in [1.29, 1.82) is 0 Å². The summed E-state index contributed by atoms with van der Waals surface area (Å²) in [6.07, 6.45) is 2.60. The zero-order valence-electron chi connectivity index (χ0n) is 11.2. The molecule has 5 heteroatoms. The monoisotopic (exact) mass is 281 g/mol. The SMILES string of the molecule is CN=C(NCc1ccc(F)cc1)NCC1CCCS1. The molecule has 1 aliphatic heterocycles. The summed E-state index contributed by atoms with van der Waals surface area (Å²) < 4.78 is 12.8. The molecule has 0 spiro atoms. The van der Waals surface area contributed by atoms with Crippen molar-refractivity contribution in [3.63, 3.8) is 0 Å². The van der Waals surface area contributed by atoms with Crippen LogP contribution < -0.4 is 10.6 Å². The van der Waals surface area contributed by atoms with Crippen LogP contribution in [-0.4, -0.2) is 30.6 Å². The number of nitrogens with zero attached hydrogens (tertiary/aromatic N) is 1. The Bertz CT molecular complexity index is 413. The van der Waals surface area contributed by atoms with Crippen LogP contribution >= 0.6 is 11.8 Å². The molecule has 1 aromatic carbocycles. The molecule has 2 rings (SSSR count). The molecule has 2 N–H and O–H groups in total. The molecular weight excluding hydrogens is 261 g/mol. The topological polar surface area (TPSA) is 36.4 Å². The smallest absolute Gasteiger partial charge is 0.191 e. The molecule has 3 nitrogen and oxygen atoms in total. The van der Waals surface area contributed by atoms with Gasteiger partial charge in [0.15, 0.2) is 5.96 Å². The summed E-state index contributed by atoms with van der Waals surface area (Å²) in [5, 5.41) is 7.27. The normalized spacial score (nSPS) is 19.5. The average molecular weight is 281 g/mol. The Labute approximate surface area is 118 Å². The van der Waals surface area contributed by atoms with Crippen LogP contribution in [0.3, 0.4) is 0 Å². The molecular formula is C14H20FN3S. The van der Waals surface area contributed by atoms with Gasteiger partial charge >= 0.3 is 0 Å². The van der Waals surface area contributed by atoms with E-state index in [-0.39, 0.29) is 5.82 Å². The maximum absolute atomic E-state index is 12.8. The molecule has 1 heterocycles. The molecule has 0 radical (unpaired) electrons. The second-order valence-corrected chi connectivity index (χ2v) is 5.98. The number of guanidine groups is 1. The molecule has 1 saturated heterocycles. The molecule has 1 aromatic rings. The molecule has 1 aliphatic rings. The number of hydrogen-bond donors (Lipinski definition) is 2. The van der Waals surface area contributed by atoms with E-state index in [0.717, 1.165) is 18.1 Å². The van der Waals surface area contributed by atoms with Gasteiger partial charge in [0.2, 0.25) is 0 Å². The number of halogens is 1. The van der Waals surface area contributed by atoms with Gasteiger partial charge in [-0.2, -0.15) is 11.8 Å². The lowest BCUT2D eigenvalue weighted by atomic mass is 10.2. The van der Waals surface area contributed by atoms with Crippen molar-refractivity contribution < 1.29 is 4.39 Å². The van der Waals surface area contributed by atoms with Crippen LogP contribution in [-0.2, 0) is 6.54 Å². The summed E-state index contributed by atoms with van der Waals surface area (Å²) in [4.78, 5) is 4.19. The Morgan fingerprint density at radius 3 is 2.79 bits per heavy atom. The van der Waals surface area contributed by atoms with E-state index < -0.39 is 0 Å². The Balaban J connectivity index is 1.74. The van der Waals surface area contributed by atoms with Crippen molar-refractivity contribution in [2.24, 2.45) is 4.99 Å². The summed E-state index contributed by atoms with van der Waals surface area (Å²) in [5.41, 5.74) is 1.04. The number of nitrogens with one attached hydrogen (secondary N) is 2. The van der Waals surface area contributed by atoms with Gasteiger partial charge in [-0.3, -0.25) is 4.99 Å². The van der Waals surface area contributed by atoms with E-state index in [1.807, 2.05) is 11.8 Å². The fourth-order valence-electron chi connectivity index (χ4n) is 2.02. The van der Waals surface area contributed by atoms with Gasteiger partial charge in [0.25, 0.3) is 0 Å². The van der Waals surface area contributed by atoms with Gasteiger partial charge in [0, 0.05) is 25.4 Å². The standard InChI is InChI=1S/C14H20FN3S/c1-16-14(18-10-13-3-2-8-19-13)17-9-11-4-6-12(15)7-5-11/h4-7,13H,2-3,8-10H2,1H3,(H2,16,17,18). The molecule has 104 valence electrons. The summed E-state index contributed by atoms with van der Waals surface area (Å²) in [7, 11) is 1.77. The largest absolute Gasteiger partial charge is 0.355 e. The first-order valence-electron chi connectivity index (χ1n) is 6.58. The van der Waals surface area contributed by atoms with Crippen molar-refractivity contribution >= 4 is 17.7 Å². The first-order chi connectivity index (χ1) is 9.28. The predicted octanol–water partition coefficient (Wildman–Crippen LogP) is 2.39. The number of hydrogen-bond acceptors (Lipinski definition) is 2. The summed E-state index contributed by atoms with van der Waals surface area (Å²) in [5.74, 6) is 1.87. The van der Waals surface area contributed by atoms with Crippen LogP contribution in [0.4, 0.5) is 4.39 Å². The first-order valence-corrected chi connectivity index (χ1v) is 7.63. The lowest BCUT2D eigenvalue weighted by Gasteiger charge is -2.14. The van der Waals surface area contributed by atoms with Gasteiger partial charge < -0.3 is 10.6 Å². The number of aliphatic imine (C=N–C) groups is 1. The second kappa shape index (κ2) is 7.38. The minimum absolute atomic E-state index is 0.204. The molecule has 1 fully saturated rings. The third kappa shape index (κ3) is 4.74. The zero-order valence-corrected chi connectivity index (χ0v) is 12.0. The van der Waals surface area contributed by atoms with Crippen LogP contribution in [0.2, 0.25) is 0 Å². The molecule has 0 aliphatic carbocycles. The third-order valence-corrected chi connectivity index (χ3v) is 4.52. The van der Waals surface area contributed by atoms with Crippen LogP contribution in [0.5, 0.6) is 0 Å². The van der Waals surface area contributed by atoms with Crippen molar-refractivity contribution in [2.75, 3.05) is 19.3 Å². The van der Waals surface area contributed by atoms with E-state index in [1.165, 1.54) is 30.7 Å². The van der Waals surface area contributed by atoms with Crippen LogP contribution in [0.1, 0.15) is 18.4 Å². The predicted molar refractivity (Wildman–Crippen MR) is 80.1 cm³/mol. The van der Waals surface area contributed by atoms with Crippen molar-refractivity contribution in [3.05, 3.63) is 35.6 Å². The van der Waals surface area contributed by atoms with E-state index in [2.05, 4.69) is 15.6 Å². The van der Waals surface area contributed by atoms with Gasteiger partial charge in [-0.25, -0.2) is 4.39 Å². The highest BCUT2D eigenvalue weighted by Crippen LogP contribution is 2.25. The van der Waals surface area contributed by atoms with Crippen molar-refractivity contribution in [2.45, 2.75) is 24.6 Å². The van der Waals surface area contributed by atoms with E-state index in [4.69, 9.17) is 0 Å². The molecule has 1 unspecified atom stereocenters. The number of benzene rings is 1. The Morgan fingerprint density at radius 1 is 1.37 bits per heavy atom. The average Bonchev–Trinajstić information content (AvgIpc) is 2.94. The quantitative estimate of drug-likeness (QED) is 0.657.